The molecule has 0 bridgehead atoms. The van der Waals surface area contributed by atoms with Gasteiger partial charge in [0.1, 0.15) is 27.9 Å². The third-order valence-corrected chi connectivity index (χ3v) is 10.6. The maximum atomic E-state index is 13.1. The van der Waals surface area contributed by atoms with Gasteiger partial charge in [0.05, 0.1) is 12.1 Å². The summed E-state index contributed by atoms with van der Waals surface area (Å²) in [4.78, 5) is 42.9. The number of rotatable bonds is 5. The minimum absolute atomic E-state index is 0.0110. The molecule has 49 heavy (non-hydrogen) atoms. The van der Waals surface area contributed by atoms with Crippen LogP contribution in [0.4, 0.5) is 9.59 Å². The number of carbonyl (C=O) groups is 2. The van der Waals surface area contributed by atoms with Crippen molar-refractivity contribution in [2.45, 2.75) is 109 Å². The molecule has 5 aliphatic rings. The Kier molecular flexibility index (Phi) is 7.52. The fraction of sp³-hybridized carbons (Fsp3) is 0.487. The molecule has 3 aliphatic heterocycles. The van der Waals surface area contributed by atoms with Crippen LogP contribution in [0, 0.1) is 11.8 Å². The molecule has 0 unspecified atom stereocenters. The van der Waals surface area contributed by atoms with Gasteiger partial charge < -0.3 is 14.5 Å². The molecule has 8 rings (SSSR count). The maximum absolute atomic E-state index is 13.1. The van der Waals surface area contributed by atoms with Crippen LogP contribution in [0.15, 0.2) is 59.7 Å². The Balaban J connectivity index is 0.921. The van der Waals surface area contributed by atoms with E-state index in [-0.39, 0.29) is 36.4 Å². The third kappa shape index (κ3) is 6.26. The van der Waals surface area contributed by atoms with Crippen LogP contribution in [0.25, 0.3) is 28.0 Å². The summed E-state index contributed by atoms with van der Waals surface area (Å²) in [5.41, 5.74) is 6.05. The van der Waals surface area contributed by atoms with Crippen molar-refractivity contribution < 1.29 is 19.1 Å². The molecule has 4 heterocycles. The van der Waals surface area contributed by atoms with Crippen LogP contribution in [0.5, 0.6) is 0 Å². The van der Waals surface area contributed by atoms with Crippen molar-refractivity contribution in [3.63, 3.8) is 0 Å². The van der Waals surface area contributed by atoms with E-state index in [1.807, 2.05) is 69.7 Å². The lowest BCUT2D eigenvalue weighted by Gasteiger charge is -2.30. The SMILES string of the molecule is CC(C)(C)OC(=O)N1[C@@H]2C[C@@H]2C[C@H]1C1=NC=C(c2ccc(-c3ccc(-c4nc([C@@H]5C[C@H]6C[C@H]6N5C(=O)OC(C)(C)C)[nH]c4Cl)cc3)cc2)C1. The van der Waals surface area contributed by atoms with Crippen molar-refractivity contribution in [3.8, 4) is 22.4 Å². The molecule has 2 saturated heterocycles. The lowest BCUT2D eigenvalue weighted by Crippen LogP contribution is -2.45. The standard InChI is InChI=1S/C39H44ClN5O4/c1-38(2,3)48-36(46)44-29-16-25(29)18-31(44)28-15-27(20-41-28)23-9-7-21(8-10-23)22-11-13-24(14-12-22)33-34(40)43-35(42-33)32-19-26-17-30(26)45(32)37(47)49-39(4,5)6/h7-14,20,25-26,29-32H,15-19H2,1-6H3,(H,42,43)/t25-,26-,29-,30-,31+,32+/m1/s1. The maximum Gasteiger partial charge on any atom is 0.411 e. The number of fused-ring (bicyclic) bond motifs is 2. The van der Waals surface area contributed by atoms with Crippen LogP contribution >= 0.6 is 11.6 Å². The summed E-state index contributed by atoms with van der Waals surface area (Å²) in [6.07, 6.45) is 6.09. The predicted octanol–water partition coefficient (Wildman–Crippen LogP) is 9.05. The molecule has 2 aliphatic carbocycles. The molecule has 6 atom stereocenters. The number of nitrogens with zero attached hydrogens (tertiary/aromatic N) is 4. The molecule has 2 saturated carbocycles. The number of hydrogen-bond acceptors (Lipinski definition) is 6. The predicted molar refractivity (Wildman–Crippen MR) is 190 cm³/mol. The summed E-state index contributed by atoms with van der Waals surface area (Å²) in [7, 11) is 0. The number of aromatic amines is 1. The molecule has 1 aromatic heterocycles. The normalized spacial score (nSPS) is 27.0. The van der Waals surface area contributed by atoms with Crippen LogP contribution in [-0.4, -0.2) is 67.0 Å². The zero-order valence-corrected chi connectivity index (χ0v) is 29.8. The molecule has 256 valence electrons. The van der Waals surface area contributed by atoms with Crippen molar-refractivity contribution in [1.29, 1.82) is 0 Å². The molecular weight excluding hydrogens is 638 g/mol. The fourth-order valence-corrected chi connectivity index (χ4v) is 8.10. The number of halogens is 1. The summed E-state index contributed by atoms with van der Waals surface area (Å²) in [5, 5.41) is 0.465. The van der Waals surface area contributed by atoms with Crippen LogP contribution in [0.1, 0.15) is 91.1 Å². The first kappa shape index (κ1) is 32.1. The van der Waals surface area contributed by atoms with Gasteiger partial charge in [-0.3, -0.25) is 14.8 Å². The van der Waals surface area contributed by atoms with Crippen LogP contribution < -0.4 is 0 Å². The molecule has 10 heteroatoms. The monoisotopic (exact) mass is 681 g/mol. The van der Waals surface area contributed by atoms with Gasteiger partial charge in [-0.2, -0.15) is 0 Å². The van der Waals surface area contributed by atoms with E-state index >= 15 is 0 Å². The van der Waals surface area contributed by atoms with Gasteiger partial charge in [-0.15, -0.1) is 0 Å². The quantitative estimate of drug-likeness (QED) is 0.290. The lowest BCUT2D eigenvalue weighted by molar-refractivity contribution is 0.0173. The molecular formula is C39H44ClN5O4. The first-order valence-electron chi connectivity index (χ1n) is 17.5. The molecule has 0 spiro atoms. The molecule has 2 amide bonds. The highest BCUT2D eigenvalue weighted by atomic mass is 35.5. The van der Waals surface area contributed by atoms with Gasteiger partial charge in [-0.1, -0.05) is 60.1 Å². The Morgan fingerprint density at radius 3 is 1.78 bits per heavy atom. The number of hydrogen-bond donors (Lipinski definition) is 1. The Morgan fingerprint density at radius 2 is 1.22 bits per heavy atom. The molecule has 4 fully saturated rings. The van der Waals surface area contributed by atoms with E-state index in [0.29, 0.717) is 28.5 Å². The summed E-state index contributed by atoms with van der Waals surface area (Å²) in [6, 6.07) is 17.1. The molecule has 1 N–H and O–H groups in total. The number of aromatic nitrogens is 2. The number of amides is 2. The van der Waals surface area contributed by atoms with Crippen LogP contribution in [0.3, 0.4) is 0 Å². The van der Waals surface area contributed by atoms with Gasteiger partial charge in [-0.05, 0) is 101 Å². The van der Waals surface area contributed by atoms with E-state index in [0.717, 1.165) is 65.6 Å². The highest BCUT2D eigenvalue weighted by Crippen LogP contribution is 2.54. The topological polar surface area (TPSA) is 100 Å². The minimum atomic E-state index is -0.559. The second-order valence-corrected chi connectivity index (χ2v) is 16.7. The van der Waals surface area contributed by atoms with E-state index in [9.17, 15) is 9.59 Å². The van der Waals surface area contributed by atoms with Crippen molar-refractivity contribution >= 4 is 35.1 Å². The number of likely N-dealkylation sites (tertiary alicyclic amines) is 2. The number of H-pyrrole nitrogens is 1. The van der Waals surface area contributed by atoms with E-state index in [1.165, 1.54) is 0 Å². The lowest BCUT2D eigenvalue weighted by atomic mass is 9.95. The van der Waals surface area contributed by atoms with Crippen LogP contribution in [-0.2, 0) is 9.47 Å². The van der Waals surface area contributed by atoms with Crippen molar-refractivity contribution in [1.82, 2.24) is 19.8 Å². The van der Waals surface area contributed by atoms with Crippen LogP contribution in [0.2, 0.25) is 5.15 Å². The second kappa shape index (κ2) is 11.5. The Hall–Kier alpha value is -4.11. The van der Waals surface area contributed by atoms with Crippen molar-refractivity contribution in [2.75, 3.05) is 0 Å². The summed E-state index contributed by atoms with van der Waals surface area (Å²) in [6.45, 7) is 11.4. The smallest absolute Gasteiger partial charge is 0.411 e. The van der Waals surface area contributed by atoms with Gasteiger partial charge in [-0.25, -0.2) is 14.6 Å². The van der Waals surface area contributed by atoms with Gasteiger partial charge in [0.15, 0.2) is 0 Å². The first-order valence-corrected chi connectivity index (χ1v) is 17.8. The van der Waals surface area contributed by atoms with Gasteiger partial charge in [0.2, 0.25) is 0 Å². The fourth-order valence-electron chi connectivity index (χ4n) is 7.85. The van der Waals surface area contributed by atoms with E-state index in [2.05, 4.69) is 41.4 Å². The average molecular weight is 682 g/mol. The first-order chi connectivity index (χ1) is 23.2. The van der Waals surface area contributed by atoms with Gasteiger partial charge >= 0.3 is 12.2 Å². The summed E-state index contributed by atoms with van der Waals surface area (Å²) in [5.74, 6) is 1.75. The zero-order valence-electron chi connectivity index (χ0n) is 29.0. The number of nitrogens with one attached hydrogen (secondary N) is 1. The van der Waals surface area contributed by atoms with Crippen molar-refractivity contribution in [3.05, 3.63) is 71.3 Å². The van der Waals surface area contributed by atoms with Gasteiger partial charge in [0, 0.05) is 36.0 Å². The summed E-state index contributed by atoms with van der Waals surface area (Å²) >= 11 is 6.69. The highest BCUT2D eigenvalue weighted by molar-refractivity contribution is 6.31. The Morgan fingerprint density at radius 1 is 0.735 bits per heavy atom. The number of carbonyl (C=O) groups excluding carboxylic acids is 2. The average Bonchev–Trinajstić information content (AvgIpc) is 3.67. The molecule has 2 aromatic carbocycles. The van der Waals surface area contributed by atoms with Crippen molar-refractivity contribution in [2.24, 2.45) is 16.8 Å². The second-order valence-electron chi connectivity index (χ2n) is 16.3. The van der Waals surface area contributed by atoms with E-state index in [4.69, 9.17) is 31.1 Å². The number of aliphatic imine (C=N–C) groups is 1. The summed E-state index contributed by atoms with van der Waals surface area (Å²) < 4.78 is 11.5. The molecule has 0 radical (unpaired) electrons. The third-order valence-electron chi connectivity index (χ3n) is 10.3. The van der Waals surface area contributed by atoms with E-state index in [1.54, 1.807) is 0 Å². The number of ether oxygens (including phenoxy) is 2. The number of imidazole rings is 1. The van der Waals surface area contributed by atoms with Gasteiger partial charge in [0.25, 0.3) is 0 Å². The minimum Gasteiger partial charge on any atom is -0.444 e. The largest absolute Gasteiger partial charge is 0.444 e. The van der Waals surface area contributed by atoms with E-state index < -0.39 is 11.2 Å². The highest BCUT2D eigenvalue weighted by Gasteiger charge is 2.57. The number of benzene rings is 2. The number of allylic oxidation sites excluding steroid dienone is 1. The molecule has 9 nitrogen and oxygen atoms in total. The number of piperidine rings is 2. The Labute approximate surface area is 292 Å². The zero-order chi connectivity index (χ0) is 34.4. The molecule has 3 aromatic rings. The Bertz CT molecular complexity index is 1870.